The standard InChI is InChI=1S/C28H24Cl2N4O7S/c1-15-23(25(35)40-4)24(16(2)41-15)42(38,39)33-13-22(18-7-5-17(12-31)6-8-18)28(14-33)26(36)34(27(37)32(28)3)21-10-19(29)9-20(30)11-21/h5-11,22H,13-14H2,1-4H3. The van der Waals surface area contributed by atoms with Crippen LogP contribution >= 0.6 is 23.2 Å². The molecule has 0 radical (unpaired) electrons. The van der Waals surface area contributed by atoms with Gasteiger partial charge in [-0.2, -0.15) is 9.57 Å². The minimum absolute atomic E-state index is 0.0267. The number of ether oxygens (including phenoxy) is 1. The van der Waals surface area contributed by atoms with Gasteiger partial charge in [-0.05, 0) is 49.7 Å². The monoisotopic (exact) mass is 630 g/mol. The molecule has 2 aliphatic heterocycles. The molecule has 1 spiro atoms. The number of esters is 1. The van der Waals surface area contributed by atoms with Gasteiger partial charge in [0.1, 0.15) is 27.5 Å². The van der Waals surface area contributed by atoms with E-state index in [0.29, 0.717) is 11.1 Å². The fourth-order valence-corrected chi connectivity index (χ4v) is 8.17. The van der Waals surface area contributed by atoms with Crippen molar-refractivity contribution in [1.82, 2.24) is 9.21 Å². The number of nitrogens with zero attached hydrogens (tertiary/aromatic N) is 4. The van der Waals surface area contributed by atoms with E-state index in [4.69, 9.17) is 32.4 Å². The zero-order valence-corrected chi connectivity index (χ0v) is 25.2. The maximum atomic E-state index is 14.4. The third-order valence-electron chi connectivity index (χ3n) is 7.77. The molecule has 42 heavy (non-hydrogen) atoms. The zero-order valence-electron chi connectivity index (χ0n) is 22.8. The molecular weight excluding hydrogens is 607 g/mol. The van der Waals surface area contributed by atoms with E-state index in [9.17, 15) is 28.1 Å². The summed E-state index contributed by atoms with van der Waals surface area (Å²) in [5.74, 6) is -2.41. The summed E-state index contributed by atoms with van der Waals surface area (Å²) in [6, 6.07) is 12.0. The van der Waals surface area contributed by atoms with E-state index >= 15 is 0 Å². The number of aryl methyl sites for hydroxylation is 2. The van der Waals surface area contributed by atoms with Crippen molar-refractivity contribution >= 4 is 56.8 Å². The number of sulfonamides is 1. The van der Waals surface area contributed by atoms with Gasteiger partial charge >= 0.3 is 12.0 Å². The second-order valence-corrected chi connectivity index (χ2v) is 12.8. The lowest BCUT2D eigenvalue weighted by Crippen LogP contribution is -2.54. The van der Waals surface area contributed by atoms with E-state index in [-0.39, 0.29) is 44.3 Å². The molecule has 1 aromatic heterocycles. The van der Waals surface area contributed by atoms with Crippen LogP contribution in [-0.4, -0.2) is 68.3 Å². The molecule has 0 bridgehead atoms. The summed E-state index contributed by atoms with van der Waals surface area (Å²) in [5, 5.41) is 9.69. The number of hydrogen-bond donors (Lipinski definition) is 0. The topological polar surface area (TPSA) is 141 Å². The Kier molecular flexibility index (Phi) is 7.35. The summed E-state index contributed by atoms with van der Waals surface area (Å²) in [4.78, 5) is 42.5. The summed E-state index contributed by atoms with van der Waals surface area (Å²) in [6.07, 6.45) is 0. The fraction of sp³-hybridized carbons (Fsp3) is 0.286. The van der Waals surface area contributed by atoms with Gasteiger partial charge in [0.25, 0.3) is 5.91 Å². The highest BCUT2D eigenvalue weighted by Crippen LogP contribution is 2.48. The van der Waals surface area contributed by atoms with Crippen molar-refractivity contribution in [3.05, 3.63) is 80.7 Å². The number of methoxy groups -OCH3 is 1. The number of benzene rings is 2. The smallest absolute Gasteiger partial charge is 0.342 e. The lowest BCUT2D eigenvalue weighted by molar-refractivity contribution is -0.124. The molecule has 0 N–H and O–H groups in total. The van der Waals surface area contributed by atoms with Crippen LogP contribution in [0.3, 0.4) is 0 Å². The molecule has 3 aromatic rings. The highest BCUT2D eigenvalue weighted by Gasteiger charge is 2.66. The normalized spacial score (nSPS) is 20.9. The number of likely N-dealkylation sites (N-methyl/N-ethyl adjacent to an activating group) is 1. The number of urea groups is 1. The Hall–Kier alpha value is -3.89. The van der Waals surface area contributed by atoms with Crippen LogP contribution in [0.2, 0.25) is 10.0 Å². The first-order valence-corrected chi connectivity index (χ1v) is 14.7. The van der Waals surface area contributed by atoms with Crippen molar-refractivity contribution in [3.63, 3.8) is 0 Å². The van der Waals surface area contributed by atoms with Crippen LogP contribution in [0.4, 0.5) is 10.5 Å². The van der Waals surface area contributed by atoms with E-state index in [1.54, 1.807) is 24.3 Å². The molecule has 2 saturated heterocycles. The van der Waals surface area contributed by atoms with E-state index in [0.717, 1.165) is 16.3 Å². The van der Waals surface area contributed by atoms with Crippen molar-refractivity contribution in [3.8, 4) is 6.07 Å². The molecule has 0 saturated carbocycles. The summed E-state index contributed by atoms with van der Waals surface area (Å²) in [5.41, 5.74) is -0.937. The maximum absolute atomic E-state index is 14.4. The number of amides is 3. The highest BCUT2D eigenvalue weighted by atomic mass is 35.5. The van der Waals surface area contributed by atoms with Gasteiger partial charge in [-0.15, -0.1) is 0 Å². The SMILES string of the molecule is COC(=O)c1c(C)oc(C)c1S(=O)(=O)N1CC(c2ccc(C#N)cc2)C2(C1)C(=O)N(c1cc(Cl)cc(Cl)c1)C(=O)N2C. The molecule has 14 heteroatoms. The van der Waals surface area contributed by atoms with Gasteiger partial charge in [-0.3, -0.25) is 4.79 Å². The lowest BCUT2D eigenvalue weighted by atomic mass is 9.80. The van der Waals surface area contributed by atoms with Gasteiger partial charge in [0.05, 0.1) is 24.4 Å². The number of rotatable bonds is 5. The second-order valence-electron chi connectivity index (χ2n) is 10.0. The molecule has 0 aliphatic carbocycles. The van der Waals surface area contributed by atoms with E-state index in [1.807, 2.05) is 6.07 Å². The molecule has 2 unspecified atom stereocenters. The van der Waals surface area contributed by atoms with Crippen molar-refractivity contribution < 1.29 is 32.0 Å². The molecular formula is C28H24Cl2N4O7S. The first-order valence-electron chi connectivity index (χ1n) is 12.5. The molecule has 218 valence electrons. The number of halogens is 2. The van der Waals surface area contributed by atoms with E-state index in [1.165, 1.54) is 44.0 Å². The molecule has 5 rings (SSSR count). The third-order valence-corrected chi connectivity index (χ3v) is 10.2. The van der Waals surface area contributed by atoms with Gasteiger partial charge in [-0.25, -0.2) is 22.9 Å². The number of furan rings is 1. The van der Waals surface area contributed by atoms with Crippen LogP contribution in [0.25, 0.3) is 0 Å². The predicted molar refractivity (Wildman–Crippen MR) is 152 cm³/mol. The molecule has 2 atom stereocenters. The quantitative estimate of drug-likeness (QED) is 0.296. The van der Waals surface area contributed by atoms with E-state index in [2.05, 4.69) is 0 Å². The second kappa shape index (κ2) is 10.4. The minimum atomic E-state index is -4.48. The number of carbonyl (C=O) groups is 3. The first kappa shape index (κ1) is 29.6. The Morgan fingerprint density at radius 3 is 2.29 bits per heavy atom. The Bertz CT molecular complexity index is 1780. The summed E-state index contributed by atoms with van der Waals surface area (Å²) in [7, 11) is -1.93. The Labute approximate surface area is 251 Å². The number of nitriles is 1. The largest absolute Gasteiger partial charge is 0.465 e. The molecule has 2 fully saturated rings. The molecule has 11 nitrogen and oxygen atoms in total. The van der Waals surface area contributed by atoms with Gasteiger partial charge < -0.3 is 14.1 Å². The van der Waals surface area contributed by atoms with Gasteiger partial charge in [0, 0.05) is 36.1 Å². The van der Waals surface area contributed by atoms with Crippen LogP contribution in [0, 0.1) is 25.2 Å². The lowest BCUT2D eigenvalue weighted by Gasteiger charge is -2.33. The molecule has 2 aromatic carbocycles. The number of hydrogen-bond acceptors (Lipinski definition) is 8. The van der Waals surface area contributed by atoms with Crippen molar-refractivity contribution in [2.24, 2.45) is 0 Å². The van der Waals surface area contributed by atoms with Gasteiger partial charge in [0.2, 0.25) is 10.0 Å². The third kappa shape index (κ3) is 4.35. The van der Waals surface area contributed by atoms with Crippen molar-refractivity contribution in [2.45, 2.75) is 30.2 Å². The van der Waals surface area contributed by atoms with Crippen LogP contribution in [-0.2, 0) is 19.6 Å². The van der Waals surface area contributed by atoms with Gasteiger partial charge in [-0.1, -0.05) is 35.3 Å². The fourth-order valence-electron chi connectivity index (χ4n) is 5.79. The Morgan fingerprint density at radius 2 is 1.71 bits per heavy atom. The predicted octanol–water partition coefficient (Wildman–Crippen LogP) is 4.49. The van der Waals surface area contributed by atoms with Crippen molar-refractivity contribution in [1.29, 1.82) is 5.26 Å². The van der Waals surface area contributed by atoms with E-state index < -0.39 is 45.9 Å². The number of anilines is 1. The Morgan fingerprint density at radius 1 is 1.10 bits per heavy atom. The van der Waals surface area contributed by atoms with Crippen LogP contribution < -0.4 is 4.90 Å². The van der Waals surface area contributed by atoms with Crippen molar-refractivity contribution in [2.75, 3.05) is 32.1 Å². The summed E-state index contributed by atoms with van der Waals surface area (Å²) >= 11 is 12.4. The summed E-state index contributed by atoms with van der Waals surface area (Å²) in [6.45, 7) is 2.20. The van der Waals surface area contributed by atoms with Crippen LogP contribution in [0.1, 0.15) is 38.9 Å². The van der Waals surface area contributed by atoms with Gasteiger partial charge in [0.15, 0.2) is 0 Å². The minimum Gasteiger partial charge on any atom is -0.465 e. The first-order chi connectivity index (χ1) is 19.8. The van der Waals surface area contributed by atoms with Crippen LogP contribution in [0.5, 0.6) is 0 Å². The average Bonchev–Trinajstić information content (AvgIpc) is 3.55. The Balaban J connectivity index is 1.68. The number of carbonyl (C=O) groups excluding carboxylic acids is 3. The average molecular weight is 631 g/mol. The highest BCUT2D eigenvalue weighted by molar-refractivity contribution is 7.89. The van der Waals surface area contributed by atoms with Crippen LogP contribution in [0.15, 0.2) is 51.8 Å². The number of imide groups is 1. The molecule has 3 heterocycles. The molecule has 2 aliphatic rings. The maximum Gasteiger partial charge on any atom is 0.342 e. The zero-order chi connectivity index (χ0) is 30.7. The summed E-state index contributed by atoms with van der Waals surface area (Å²) < 4.78 is 39.8. The molecule has 3 amide bonds.